The predicted octanol–water partition coefficient (Wildman–Crippen LogP) is 2.82. The molecule has 16 heavy (non-hydrogen) atoms. The Kier molecular flexibility index (Phi) is 4.57. The van der Waals surface area contributed by atoms with E-state index in [2.05, 4.69) is 24.0 Å². The third-order valence-electron chi connectivity index (χ3n) is 4.02. The monoisotopic (exact) mass is 243 g/mol. The van der Waals surface area contributed by atoms with Gasteiger partial charge in [0.1, 0.15) is 0 Å². The summed E-state index contributed by atoms with van der Waals surface area (Å²) < 4.78 is 5.97. The zero-order valence-electron chi connectivity index (χ0n) is 10.6. The Bertz CT molecular complexity index is 216. The third-order valence-corrected chi connectivity index (χ3v) is 5.56. The van der Waals surface area contributed by atoms with E-state index in [1.165, 1.54) is 50.8 Å². The van der Waals surface area contributed by atoms with E-state index in [-0.39, 0.29) is 0 Å². The maximum absolute atomic E-state index is 5.47. The molecule has 1 heterocycles. The SMILES string of the molecule is COC1CCCC(NCC2(C)CCCS2)C1. The highest BCUT2D eigenvalue weighted by Gasteiger charge is 2.30. The average molecular weight is 243 g/mol. The standard InChI is InChI=1S/C13H25NOS/c1-13(7-4-8-16-13)10-14-11-5-3-6-12(9-11)15-2/h11-12,14H,3-10H2,1-2H3. The lowest BCUT2D eigenvalue weighted by atomic mass is 9.92. The maximum atomic E-state index is 5.47. The second-order valence-corrected chi connectivity index (χ2v) is 7.19. The molecule has 3 atom stereocenters. The van der Waals surface area contributed by atoms with Crippen LogP contribution in [0, 0.1) is 0 Å². The summed E-state index contributed by atoms with van der Waals surface area (Å²) in [6, 6.07) is 0.691. The Morgan fingerprint density at radius 2 is 2.25 bits per heavy atom. The maximum Gasteiger partial charge on any atom is 0.0586 e. The zero-order chi connectivity index (χ0) is 11.4. The highest BCUT2D eigenvalue weighted by molar-refractivity contribution is 8.00. The van der Waals surface area contributed by atoms with E-state index in [0.717, 1.165) is 0 Å². The molecule has 1 saturated heterocycles. The van der Waals surface area contributed by atoms with Gasteiger partial charge in [-0.15, -0.1) is 0 Å². The van der Waals surface area contributed by atoms with Crippen molar-refractivity contribution in [2.75, 3.05) is 19.4 Å². The number of hydrogen-bond donors (Lipinski definition) is 1. The first kappa shape index (κ1) is 12.7. The number of ether oxygens (including phenoxy) is 1. The lowest BCUT2D eigenvalue weighted by Gasteiger charge is -2.32. The summed E-state index contributed by atoms with van der Waals surface area (Å²) in [6.07, 6.45) is 8.38. The summed E-state index contributed by atoms with van der Waals surface area (Å²) >= 11 is 2.15. The Balaban J connectivity index is 1.72. The molecule has 3 unspecified atom stereocenters. The number of hydrogen-bond acceptors (Lipinski definition) is 3. The van der Waals surface area contributed by atoms with Crippen molar-refractivity contribution >= 4 is 11.8 Å². The van der Waals surface area contributed by atoms with Crippen LogP contribution in [-0.2, 0) is 4.74 Å². The zero-order valence-corrected chi connectivity index (χ0v) is 11.4. The van der Waals surface area contributed by atoms with Gasteiger partial charge < -0.3 is 10.1 Å². The first-order valence-electron chi connectivity index (χ1n) is 6.62. The van der Waals surface area contributed by atoms with E-state index in [1.807, 2.05) is 7.11 Å². The fourth-order valence-corrected chi connectivity index (χ4v) is 4.14. The van der Waals surface area contributed by atoms with Crippen LogP contribution in [0.2, 0.25) is 0 Å². The van der Waals surface area contributed by atoms with Crippen LogP contribution in [0.3, 0.4) is 0 Å². The molecule has 0 spiro atoms. The Hall–Kier alpha value is 0.270. The van der Waals surface area contributed by atoms with Crippen molar-refractivity contribution in [2.45, 2.75) is 62.3 Å². The highest BCUT2D eigenvalue weighted by atomic mass is 32.2. The van der Waals surface area contributed by atoms with Crippen LogP contribution in [0.4, 0.5) is 0 Å². The molecule has 1 aliphatic carbocycles. The third kappa shape index (κ3) is 3.38. The quantitative estimate of drug-likeness (QED) is 0.820. The number of rotatable bonds is 4. The van der Waals surface area contributed by atoms with Crippen molar-refractivity contribution in [3.05, 3.63) is 0 Å². The Morgan fingerprint density at radius 3 is 2.94 bits per heavy atom. The molecule has 3 heteroatoms. The second kappa shape index (κ2) is 5.74. The van der Waals surface area contributed by atoms with E-state index in [1.54, 1.807) is 0 Å². The van der Waals surface area contributed by atoms with Gasteiger partial charge in [0.25, 0.3) is 0 Å². The molecule has 2 rings (SSSR count). The Morgan fingerprint density at radius 1 is 1.38 bits per heavy atom. The molecule has 1 aliphatic heterocycles. The normalized spacial score (nSPS) is 40.1. The lowest BCUT2D eigenvalue weighted by molar-refractivity contribution is 0.0586. The average Bonchev–Trinajstić information content (AvgIpc) is 2.75. The van der Waals surface area contributed by atoms with Crippen molar-refractivity contribution in [3.8, 4) is 0 Å². The summed E-state index contributed by atoms with van der Waals surface area (Å²) in [6.45, 7) is 3.59. The van der Waals surface area contributed by atoms with Gasteiger partial charge >= 0.3 is 0 Å². The predicted molar refractivity (Wildman–Crippen MR) is 71.2 cm³/mol. The number of methoxy groups -OCH3 is 1. The van der Waals surface area contributed by atoms with E-state index in [4.69, 9.17) is 4.74 Å². The largest absolute Gasteiger partial charge is 0.381 e. The molecular weight excluding hydrogens is 218 g/mol. The van der Waals surface area contributed by atoms with Gasteiger partial charge in [-0.1, -0.05) is 0 Å². The van der Waals surface area contributed by atoms with E-state index in [9.17, 15) is 0 Å². The van der Waals surface area contributed by atoms with Crippen LogP contribution in [0.15, 0.2) is 0 Å². The van der Waals surface area contributed by atoms with Crippen LogP contribution in [0.1, 0.15) is 45.4 Å². The topological polar surface area (TPSA) is 21.3 Å². The molecule has 0 aromatic heterocycles. The highest BCUT2D eigenvalue weighted by Crippen LogP contribution is 2.37. The molecular formula is C13H25NOS. The Labute approximate surface area is 104 Å². The minimum Gasteiger partial charge on any atom is -0.381 e. The lowest BCUT2D eigenvalue weighted by Crippen LogP contribution is -2.42. The summed E-state index contributed by atoms with van der Waals surface area (Å²) in [5.74, 6) is 1.35. The molecule has 0 bridgehead atoms. The first-order valence-corrected chi connectivity index (χ1v) is 7.60. The number of thioether (sulfide) groups is 1. The molecule has 1 saturated carbocycles. The summed E-state index contributed by atoms with van der Waals surface area (Å²) in [5.41, 5.74) is 0. The molecule has 1 N–H and O–H groups in total. The van der Waals surface area contributed by atoms with Crippen LogP contribution < -0.4 is 5.32 Å². The molecule has 2 nitrogen and oxygen atoms in total. The minimum absolute atomic E-state index is 0.496. The van der Waals surface area contributed by atoms with Gasteiger partial charge in [0.2, 0.25) is 0 Å². The van der Waals surface area contributed by atoms with Crippen molar-refractivity contribution in [1.29, 1.82) is 0 Å². The molecule has 0 aromatic carbocycles. The van der Waals surface area contributed by atoms with Crippen LogP contribution >= 0.6 is 11.8 Å². The van der Waals surface area contributed by atoms with Crippen molar-refractivity contribution in [3.63, 3.8) is 0 Å². The molecule has 94 valence electrons. The van der Waals surface area contributed by atoms with Gasteiger partial charge in [-0.25, -0.2) is 0 Å². The molecule has 2 aliphatic rings. The van der Waals surface area contributed by atoms with Crippen LogP contribution in [0.25, 0.3) is 0 Å². The van der Waals surface area contributed by atoms with Crippen molar-refractivity contribution in [2.24, 2.45) is 0 Å². The molecule has 0 radical (unpaired) electrons. The second-order valence-electron chi connectivity index (χ2n) is 5.50. The van der Waals surface area contributed by atoms with E-state index < -0.39 is 0 Å². The van der Waals surface area contributed by atoms with Gasteiger partial charge in [0, 0.05) is 24.4 Å². The van der Waals surface area contributed by atoms with Gasteiger partial charge in [-0.3, -0.25) is 0 Å². The van der Waals surface area contributed by atoms with Crippen molar-refractivity contribution < 1.29 is 4.74 Å². The van der Waals surface area contributed by atoms with Gasteiger partial charge in [0.05, 0.1) is 6.10 Å². The molecule has 0 amide bonds. The van der Waals surface area contributed by atoms with Gasteiger partial charge in [-0.05, 0) is 51.2 Å². The van der Waals surface area contributed by atoms with Crippen LogP contribution in [0.5, 0.6) is 0 Å². The molecule has 2 fully saturated rings. The molecule has 0 aromatic rings. The van der Waals surface area contributed by atoms with E-state index in [0.29, 0.717) is 16.9 Å². The summed E-state index contributed by atoms with van der Waals surface area (Å²) in [5, 5.41) is 3.77. The van der Waals surface area contributed by atoms with Crippen LogP contribution in [-0.4, -0.2) is 36.3 Å². The van der Waals surface area contributed by atoms with Gasteiger partial charge in [0.15, 0.2) is 0 Å². The smallest absolute Gasteiger partial charge is 0.0586 e. The minimum atomic E-state index is 0.496. The summed E-state index contributed by atoms with van der Waals surface area (Å²) in [7, 11) is 1.85. The van der Waals surface area contributed by atoms with E-state index >= 15 is 0 Å². The first-order chi connectivity index (χ1) is 7.72. The number of nitrogens with one attached hydrogen (secondary N) is 1. The summed E-state index contributed by atoms with van der Waals surface area (Å²) in [4.78, 5) is 0. The van der Waals surface area contributed by atoms with Crippen molar-refractivity contribution in [1.82, 2.24) is 5.32 Å². The fourth-order valence-electron chi connectivity index (χ4n) is 2.88. The fraction of sp³-hybridized carbons (Fsp3) is 1.00. The van der Waals surface area contributed by atoms with Gasteiger partial charge in [-0.2, -0.15) is 11.8 Å².